The highest BCUT2D eigenvalue weighted by molar-refractivity contribution is 7.92. The third-order valence-corrected chi connectivity index (χ3v) is 9.79. The van der Waals surface area contributed by atoms with Gasteiger partial charge in [-0.15, -0.1) is 0 Å². The summed E-state index contributed by atoms with van der Waals surface area (Å²) in [7, 11) is -1.65. The number of hydrogen-bond acceptors (Lipinski definition) is 8. The first-order valence-corrected chi connectivity index (χ1v) is 15.5. The summed E-state index contributed by atoms with van der Waals surface area (Å²) in [6, 6.07) is 5.71. The van der Waals surface area contributed by atoms with Crippen LogP contribution in [-0.4, -0.2) is 64.5 Å². The highest BCUT2D eigenvalue weighted by Gasteiger charge is 2.51. The number of rotatable bonds is 11. The number of methoxy groups -OCH3 is 2. The molecule has 0 bridgehead atoms. The summed E-state index contributed by atoms with van der Waals surface area (Å²) in [6.45, 7) is 3.86. The van der Waals surface area contributed by atoms with Gasteiger partial charge in [-0.3, -0.25) is 19.1 Å². The van der Waals surface area contributed by atoms with Gasteiger partial charge in [-0.25, -0.2) is 8.42 Å². The molecule has 1 heterocycles. The fourth-order valence-electron chi connectivity index (χ4n) is 5.79. The number of ether oxygens (including phenoxy) is 2. The van der Waals surface area contributed by atoms with Crippen molar-refractivity contribution in [3.8, 4) is 11.5 Å². The Balaban J connectivity index is 1.37. The Morgan fingerprint density at radius 3 is 2.19 bits per heavy atom. The quantitative estimate of drug-likeness (QED) is 0.208. The summed E-state index contributed by atoms with van der Waals surface area (Å²) in [5.74, 6) is -0.447. The number of hydrogen-bond donors (Lipinski definition) is 1. The van der Waals surface area contributed by atoms with Crippen molar-refractivity contribution < 1.29 is 45.4 Å². The maximum Gasteiger partial charge on any atom is 0.416 e. The van der Waals surface area contributed by atoms with E-state index < -0.39 is 38.0 Å². The number of piperidine rings is 1. The van der Waals surface area contributed by atoms with E-state index in [0.717, 1.165) is 18.7 Å². The van der Waals surface area contributed by atoms with Crippen LogP contribution in [0.1, 0.15) is 61.4 Å². The summed E-state index contributed by atoms with van der Waals surface area (Å²) in [5.41, 5.74) is -1.44. The van der Waals surface area contributed by atoms with Crippen LogP contribution in [0.5, 0.6) is 11.5 Å². The lowest BCUT2D eigenvalue weighted by Gasteiger charge is -2.37. The lowest BCUT2D eigenvalue weighted by Crippen LogP contribution is -2.43. The molecule has 1 spiro atoms. The van der Waals surface area contributed by atoms with Crippen LogP contribution in [-0.2, 0) is 25.8 Å². The number of Topliss-reactive ketones (excluding diaryl/α,β-unsaturated/α-hetero) is 3. The molecule has 1 N–H and O–H groups in total. The Morgan fingerprint density at radius 2 is 1.65 bits per heavy atom. The number of alkyl halides is 3. The number of anilines is 1. The van der Waals surface area contributed by atoms with E-state index in [9.17, 15) is 36.0 Å². The third kappa shape index (κ3) is 7.04. The zero-order valence-electron chi connectivity index (χ0n) is 24.3. The molecule has 1 saturated heterocycles. The normalized spacial score (nSPS) is 19.1. The van der Waals surface area contributed by atoms with Crippen molar-refractivity contribution in [1.29, 1.82) is 0 Å². The van der Waals surface area contributed by atoms with Crippen molar-refractivity contribution in [2.24, 2.45) is 11.3 Å². The molecule has 234 valence electrons. The number of nitrogens with zero attached hydrogens (tertiary/aromatic N) is 1. The molecule has 2 fully saturated rings. The van der Waals surface area contributed by atoms with Crippen LogP contribution in [0, 0.1) is 11.3 Å². The highest BCUT2D eigenvalue weighted by Crippen LogP contribution is 2.44. The zero-order chi connectivity index (χ0) is 31.6. The molecule has 9 nitrogen and oxygen atoms in total. The molecule has 43 heavy (non-hydrogen) atoms. The molecule has 13 heteroatoms. The first-order chi connectivity index (χ1) is 20.2. The van der Waals surface area contributed by atoms with Gasteiger partial charge < -0.3 is 14.4 Å². The van der Waals surface area contributed by atoms with Gasteiger partial charge in [0.1, 0.15) is 23.1 Å². The van der Waals surface area contributed by atoms with Crippen LogP contribution < -0.4 is 14.2 Å². The Kier molecular flexibility index (Phi) is 9.55. The number of ketones is 3. The first kappa shape index (κ1) is 32.5. The molecule has 1 aliphatic carbocycles. The minimum Gasteiger partial charge on any atom is -0.496 e. The van der Waals surface area contributed by atoms with Crippen molar-refractivity contribution in [3.05, 3.63) is 47.5 Å². The predicted octanol–water partition coefficient (Wildman–Crippen LogP) is 5.14. The summed E-state index contributed by atoms with van der Waals surface area (Å²) >= 11 is 0. The third-order valence-electron chi connectivity index (χ3n) is 8.41. The summed E-state index contributed by atoms with van der Waals surface area (Å²) < 4.78 is 77.6. The van der Waals surface area contributed by atoms with E-state index in [-0.39, 0.29) is 46.5 Å². The second kappa shape index (κ2) is 12.7. The number of likely N-dealkylation sites (tertiary alicyclic amines) is 1. The molecular weight excluding hydrogens is 589 g/mol. The minimum absolute atomic E-state index is 0.0291. The molecule has 4 rings (SSSR count). The molecule has 0 radical (unpaired) electrons. The number of halogens is 3. The second-order valence-corrected chi connectivity index (χ2v) is 12.8. The number of carbonyl (C=O) groups excluding carboxylic acids is 3. The molecular formula is C30H35F3N2O7S. The summed E-state index contributed by atoms with van der Waals surface area (Å²) in [5, 5.41) is 0. The minimum atomic E-state index is -4.61. The van der Waals surface area contributed by atoms with Gasteiger partial charge in [0.25, 0.3) is 10.0 Å². The van der Waals surface area contributed by atoms with E-state index in [1.165, 1.54) is 26.4 Å². The van der Waals surface area contributed by atoms with Crippen LogP contribution in [0.25, 0.3) is 0 Å². The van der Waals surface area contributed by atoms with E-state index in [1.807, 2.05) is 0 Å². The molecule has 0 amide bonds. The van der Waals surface area contributed by atoms with Gasteiger partial charge >= 0.3 is 6.18 Å². The monoisotopic (exact) mass is 624 g/mol. The number of nitrogens with one attached hydrogen (secondary N) is 1. The zero-order valence-corrected chi connectivity index (χ0v) is 25.1. The predicted molar refractivity (Wildman–Crippen MR) is 152 cm³/mol. The van der Waals surface area contributed by atoms with E-state index in [1.54, 1.807) is 6.92 Å². The number of benzene rings is 2. The van der Waals surface area contributed by atoms with Crippen LogP contribution >= 0.6 is 0 Å². The van der Waals surface area contributed by atoms with Crippen molar-refractivity contribution >= 4 is 33.1 Å². The molecule has 1 unspecified atom stereocenters. The standard InChI is InChI=1S/C30H35F3N2O7S/c1-19-25(37)18-29(28(19)38)11-14-35(15-12-29)13-5-4-6-24(36)22-16-23(27(42-3)17-26(22)41-2)34-43(39,40)21-9-7-20(8-10-21)30(31,32)33/h7-10,16-17,19,34H,4-6,11-15,18H2,1-3H3. The van der Waals surface area contributed by atoms with Gasteiger partial charge in [0, 0.05) is 24.3 Å². The lowest BCUT2D eigenvalue weighted by atomic mass is 9.75. The van der Waals surface area contributed by atoms with Crippen molar-refractivity contribution in [3.63, 3.8) is 0 Å². The van der Waals surface area contributed by atoms with Gasteiger partial charge in [0.15, 0.2) is 5.78 Å². The molecule has 2 aromatic carbocycles. The Hall–Kier alpha value is -3.45. The molecule has 0 aromatic heterocycles. The maximum atomic E-state index is 13.2. The SMILES string of the molecule is COc1cc(OC)c(C(=O)CCCCN2CCC3(CC2)CC(=O)C(C)C3=O)cc1NS(=O)(=O)c1ccc(C(F)(F)F)cc1. The summed E-state index contributed by atoms with van der Waals surface area (Å²) in [6.07, 6.45) is -1.52. The fraction of sp³-hybridized carbons (Fsp3) is 0.500. The smallest absolute Gasteiger partial charge is 0.416 e. The Bertz CT molecular complexity index is 1480. The van der Waals surface area contributed by atoms with Gasteiger partial charge in [-0.1, -0.05) is 0 Å². The molecule has 1 atom stereocenters. The molecule has 1 aliphatic heterocycles. The van der Waals surface area contributed by atoms with E-state index >= 15 is 0 Å². The average molecular weight is 625 g/mol. The number of unbranched alkanes of at least 4 members (excludes halogenated alkanes) is 1. The lowest BCUT2D eigenvalue weighted by molar-refractivity contribution is -0.137. The highest BCUT2D eigenvalue weighted by atomic mass is 32.2. The topological polar surface area (TPSA) is 119 Å². The van der Waals surface area contributed by atoms with Crippen molar-refractivity contribution in [2.75, 3.05) is 38.6 Å². The van der Waals surface area contributed by atoms with Crippen molar-refractivity contribution in [2.45, 2.75) is 56.5 Å². The maximum absolute atomic E-state index is 13.2. The van der Waals surface area contributed by atoms with Gasteiger partial charge in [-0.05, 0) is 82.6 Å². The van der Waals surface area contributed by atoms with Crippen LogP contribution in [0.4, 0.5) is 18.9 Å². The van der Waals surface area contributed by atoms with Crippen LogP contribution in [0.2, 0.25) is 0 Å². The van der Waals surface area contributed by atoms with Gasteiger partial charge in [0.2, 0.25) is 0 Å². The van der Waals surface area contributed by atoms with Crippen LogP contribution in [0.15, 0.2) is 41.3 Å². The average Bonchev–Trinajstić information content (AvgIpc) is 3.18. The van der Waals surface area contributed by atoms with E-state index in [0.29, 0.717) is 57.3 Å². The van der Waals surface area contributed by atoms with E-state index in [4.69, 9.17) is 9.47 Å². The second-order valence-electron chi connectivity index (χ2n) is 11.1. The van der Waals surface area contributed by atoms with Gasteiger partial charge in [-0.2, -0.15) is 13.2 Å². The fourth-order valence-corrected chi connectivity index (χ4v) is 6.85. The largest absolute Gasteiger partial charge is 0.496 e. The summed E-state index contributed by atoms with van der Waals surface area (Å²) in [4.78, 5) is 39.7. The first-order valence-electron chi connectivity index (χ1n) is 14.0. The van der Waals surface area contributed by atoms with Crippen LogP contribution in [0.3, 0.4) is 0 Å². The van der Waals surface area contributed by atoms with Crippen molar-refractivity contribution in [1.82, 2.24) is 4.90 Å². The molecule has 2 aromatic rings. The van der Waals surface area contributed by atoms with Gasteiger partial charge in [0.05, 0.1) is 41.8 Å². The number of carbonyl (C=O) groups is 3. The molecule has 1 saturated carbocycles. The molecule has 2 aliphatic rings. The Morgan fingerprint density at radius 1 is 1.02 bits per heavy atom. The Labute approximate surface area is 248 Å². The van der Waals surface area contributed by atoms with E-state index in [2.05, 4.69) is 9.62 Å². The number of sulfonamides is 1.